The summed E-state index contributed by atoms with van der Waals surface area (Å²) in [5, 5.41) is 3.72. The molecule has 154 valence electrons. The molecule has 5 nitrogen and oxygen atoms in total. The van der Waals surface area contributed by atoms with Crippen LogP contribution in [0, 0.1) is 12.3 Å². The van der Waals surface area contributed by atoms with Crippen molar-refractivity contribution in [3.63, 3.8) is 0 Å². The van der Waals surface area contributed by atoms with Crippen LogP contribution in [-0.4, -0.2) is 20.4 Å². The molecule has 0 unspecified atom stereocenters. The van der Waals surface area contributed by atoms with E-state index in [-0.39, 0.29) is 5.91 Å². The van der Waals surface area contributed by atoms with E-state index in [1.54, 1.807) is 0 Å². The fraction of sp³-hybridized carbons (Fsp3) is 0.435. The highest BCUT2D eigenvalue weighted by molar-refractivity contribution is 6.30. The number of amides is 1. The zero-order valence-electron chi connectivity index (χ0n) is 17.8. The van der Waals surface area contributed by atoms with E-state index >= 15 is 0 Å². The highest BCUT2D eigenvalue weighted by Crippen LogP contribution is 2.25. The quantitative estimate of drug-likeness (QED) is 0.559. The van der Waals surface area contributed by atoms with Crippen LogP contribution in [0.5, 0.6) is 0 Å². The average Bonchev–Trinajstić information content (AvgIpc) is 2.96. The molecule has 0 saturated carbocycles. The van der Waals surface area contributed by atoms with Crippen molar-refractivity contribution in [2.45, 2.75) is 60.4 Å². The topological polar surface area (TPSA) is 59.8 Å². The number of hydrogen-bond donors (Lipinski definition) is 1. The summed E-state index contributed by atoms with van der Waals surface area (Å²) >= 11 is 6.18. The van der Waals surface area contributed by atoms with Crippen LogP contribution in [0.25, 0.3) is 11.2 Å². The number of aryl methyl sites for hydroxylation is 2. The molecule has 3 rings (SSSR count). The third-order valence-corrected chi connectivity index (χ3v) is 5.14. The van der Waals surface area contributed by atoms with Crippen LogP contribution in [0.4, 0.5) is 5.69 Å². The van der Waals surface area contributed by atoms with Gasteiger partial charge in [0.1, 0.15) is 11.3 Å². The molecule has 0 radical (unpaired) electrons. The number of benzene rings is 1. The summed E-state index contributed by atoms with van der Waals surface area (Å²) in [7, 11) is 0. The first-order valence-corrected chi connectivity index (χ1v) is 10.5. The number of aromatic nitrogens is 3. The molecule has 1 aromatic carbocycles. The number of rotatable bonds is 6. The molecule has 0 aliphatic rings. The van der Waals surface area contributed by atoms with Gasteiger partial charge in [0, 0.05) is 16.9 Å². The molecule has 1 amide bonds. The summed E-state index contributed by atoms with van der Waals surface area (Å²) in [4.78, 5) is 22.1. The van der Waals surface area contributed by atoms with Crippen LogP contribution in [0.1, 0.15) is 57.6 Å². The van der Waals surface area contributed by atoms with E-state index in [0.29, 0.717) is 12.2 Å². The minimum absolute atomic E-state index is 0.0358. The van der Waals surface area contributed by atoms with Gasteiger partial charge in [0.05, 0.1) is 17.9 Å². The molecule has 2 heterocycles. The van der Waals surface area contributed by atoms with Crippen LogP contribution >= 0.6 is 11.6 Å². The third-order valence-electron chi connectivity index (χ3n) is 4.90. The summed E-state index contributed by atoms with van der Waals surface area (Å²) in [6.45, 7) is 10.4. The molecule has 0 atom stereocenters. The molecule has 6 heteroatoms. The Balaban J connectivity index is 2.04. The maximum Gasteiger partial charge on any atom is 0.229 e. The fourth-order valence-electron chi connectivity index (χ4n) is 3.13. The lowest BCUT2D eigenvalue weighted by molar-refractivity contribution is -0.123. The van der Waals surface area contributed by atoms with Crippen molar-refractivity contribution in [1.29, 1.82) is 0 Å². The van der Waals surface area contributed by atoms with E-state index in [2.05, 4.69) is 22.9 Å². The second-order valence-corrected chi connectivity index (χ2v) is 8.95. The zero-order chi connectivity index (χ0) is 21.2. The van der Waals surface area contributed by atoms with Crippen molar-refractivity contribution in [1.82, 2.24) is 14.5 Å². The Morgan fingerprint density at radius 3 is 2.62 bits per heavy atom. The van der Waals surface area contributed by atoms with Gasteiger partial charge in [-0.3, -0.25) is 4.79 Å². The molecule has 0 saturated heterocycles. The average molecular weight is 413 g/mol. The third kappa shape index (κ3) is 4.96. The molecule has 0 bridgehead atoms. The lowest BCUT2D eigenvalue weighted by Gasteiger charge is -2.18. The van der Waals surface area contributed by atoms with Crippen molar-refractivity contribution in [2.24, 2.45) is 5.41 Å². The summed E-state index contributed by atoms with van der Waals surface area (Å²) in [6, 6.07) is 9.81. The summed E-state index contributed by atoms with van der Waals surface area (Å²) < 4.78 is 2.17. The van der Waals surface area contributed by atoms with E-state index in [1.165, 1.54) is 0 Å². The number of carbonyl (C=O) groups is 1. The number of pyridine rings is 1. The van der Waals surface area contributed by atoms with Gasteiger partial charge >= 0.3 is 0 Å². The van der Waals surface area contributed by atoms with Crippen molar-refractivity contribution in [2.75, 3.05) is 5.32 Å². The van der Waals surface area contributed by atoms with E-state index in [0.717, 1.165) is 52.5 Å². The van der Waals surface area contributed by atoms with Crippen molar-refractivity contribution in [3.05, 3.63) is 52.4 Å². The van der Waals surface area contributed by atoms with Crippen LogP contribution in [0.15, 0.2) is 30.3 Å². The molecule has 0 aliphatic heterocycles. The molecule has 0 fully saturated rings. The number of imidazole rings is 1. The minimum atomic E-state index is -0.473. The molecule has 2 aromatic heterocycles. The molecule has 0 aliphatic carbocycles. The molecule has 29 heavy (non-hydrogen) atoms. The predicted molar refractivity (Wildman–Crippen MR) is 120 cm³/mol. The first-order valence-electron chi connectivity index (χ1n) is 10.1. The lowest BCUT2D eigenvalue weighted by atomic mass is 9.95. The predicted octanol–water partition coefficient (Wildman–Crippen LogP) is 5.77. The van der Waals surface area contributed by atoms with Gasteiger partial charge < -0.3 is 9.88 Å². The molecular weight excluding hydrogens is 384 g/mol. The van der Waals surface area contributed by atoms with Crippen LogP contribution in [0.3, 0.4) is 0 Å². The minimum Gasteiger partial charge on any atom is -0.324 e. The standard InChI is InChI=1S/C23H29ClN4O/c1-6-7-11-20-26-19-13-18(27-22(29)23(3,4)5)15(2)25-21(19)28(20)14-16-9-8-10-17(24)12-16/h8-10,12-13H,6-7,11,14H2,1-5H3,(H,27,29). The zero-order valence-corrected chi connectivity index (χ0v) is 18.6. The van der Waals surface area contributed by atoms with Gasteiger partial charge in [-0.05, 0) is 37.1 Å². The number of halogens is 1. The highest BCUT2D eigenvalue weighted by Gasteiger charge is 2.23. The Hall–Kier alpha value is -2.40. The molecule has 3 aromatic rings. The van der Waals surface area contributed by atoms with Crippen molar-refractivity contribution in [3.8, 4) is 0 Å². The van der Waals surface area contributed by atoms with E-state index < -0.39 is 5.41 Å². The van der Waals surface area contributed by atoms with Crippen LogP contribution < -0.4 is 5.32 Å². The Bertz CT molecular complexity index is 1030. The Morgan fingerprint density at radius 1 is 1.21 bits per heavy atom. The number of hydrogen-bond acceptors (Lipinski definition) is 3. The lowest BCUT2D eigenvalue weighted by Crippen LogP contribution is -2.28. The first-order chi connectivity index (χ1) is 13.7. The van der Waals surface area contributed by atoms with E-state index in [1.807, 2.05) is 52.0 Å². The Kier molecular flexibility index (Phi) is 6.27. The molecule has 0 spiro atoms. The van der Waals surface area contributed by atoms with Gasteiger partial charge in [0.2, 0.25) is 5.91 Å². The van der Waals surface area contributed by atoms with Gasteiger partial charge in [-0.25, -0.2) is 9.97 Å². The summed E-state index contributed by atoms with van der Waals surface area (Å²) in [5.41, 5.74) is 3.77. The van der Waals surface area contributed by atoms with E-state index in [9.17, 15) is 4.79 Å². The van der Waals surface area contributed by atoms with Crippen molar-refractivity contribution >= 4 is 34.4 Å². The normalized spacial score (nSPS) is 11.8. The monoisotopic (exact) mass is 412 g/mol. The Labute approximate surface area is 177 Å². The Morgan fingerprint density at radius 2 is 1.97 bits per heavy atom. The van der Waals surface area contributed by atoms with Gasteiger partial charge in [-0.1, -0.05) is 57.8 Å². The van der Waals surface area contributed by atoms with Gasteiger partial charge in [0.15, 0.2) is 5.65 Å². The number of nitrogens with one attached hydrogen (secondary N) is 1. The summed E-state index contributed by atoms with van der Waals surface area (Å²) in [5.74, 6) is 0.972. The molecular formula is C23H29ClN4O. The highest BCUT2D eigenvalue weighted by atomic mass is 35.5. The molecule has 1 N–H and O–H groups in total. The summed E-state index contributed by atoms with van der Waals surface area (Å²) in [6.07, 6.45) is 3.04. The fourth-order valence-corrected chi connectivity index (χ4v) is 3.34. The van der Waals surface area contributed by atoms with Crippen LogP contribution in [0.2, 0.25) is 5.02 Å². The van der Waals surface area contributed by atoms with Gasteiger partial charge in [-0.2, -0.15) is 0 Å². The second kappa shape index (κ2) is 8.54. The second-order valence-electron chi connectivity index (χ2n) is 8.52. The number of fused-ring (bicyclic) bond motifs is 1. The van der Waals surface area contributed by atoms with Crippen LogP contribution in [-0.2, 0) is 17.8 Å². The maximum atomic E-state index is 12.4. The van der Waals surface area contributed by atoms with Gasteiger partial charge in [-0.15, -0.1) is 0 Å². The maximum absolute atomic E-state index is 12.4. The van der Waals surface area contributed by atoms with E-state index in [4.69, 9.17) is 21.6 Å². The number of nitrogens with zero attached hydrogens (tertiary/aromatic N) is 3. The number of carbonyl (C=O) groups excluding carboxylic acids is 1. The largest absolute Gasteiger partial charge is 0.324 e. The number of unbranched alkanes of at least 4 members (excludes halogenated alkanes) is 1. The number of anilines is 1. The first kappa shape index (κ1) is 21.3. The SMILES string of the molecule is CCCCc1nc2cc(NC(=O)C(C)(C)C)c(C)nc2n1Cc1cccc(Cl)c1. The van der Waals surface area contributed by atoms with Crippen molar-refractivity contribution < 1.29 is 4.79 Å². The smallest absolute Gasteiger partial charge is 0.229 e. The van der Waals surface area contributed by atoms with Gasteiger partial charge in [0.25, 0.3) is 0 Å².